The lowest BCUT2D eigenvalue weighted by Crippen LogP contribution is -2.42. The fraction of sp³-hybridized carbons (Fsp3) is 0.544. The number of imide groups is 2. The fourth-order valence-electron chi connectivity index (χ4n) is 7.77. The van der Waals surface area contributed by atoms with Gasteiger partial charge in [0.15, 0.2) is 0 Å². The van der Waals surface area contributed by atoms with Gasteiger partial charge in [0.25, 0.3) is 23.6 Å². The van der Waals surface area contributed by atoms with E-state index in [0.717, 1.165) is 27.9 Å². The number of hydrogen-bond acceptors (Lipinski definition) is 20. The van der Waals surface area contributed by atoms with Crippen molar-refractivity contribution in [1.82, 2.24) is 31.0 Å². The van der Waals surface area contributed by atoms with Crippen molar-refractivity contribution in [1.29, 1.82) is 0 Å². The van der Waals surface area contributed by atoms with Crippen LogP contribution < -0.4 is 16.0 Å². The smallest absolute Gasteiger partial charge is 0.285 e. The number of unbranched alkanes of at least 4 members (excludes halogenated alkanes) is 2. The first-order valence-electron chi connectivity index (χ1n) is 27.9. The zero-order valence-electron chi connectivity index (χ0n) is 46.9. The van der Waals surface area contributed by atoms with Crippen LogP contribution in [0.15, 0.2) is 83.8 Å². The quantitative estimate of drug-likeness (QED) is 0.0410. The van der Waals surface area contributed by atoms with Gasteiger partial charge in [-0.25, -0.2) is 0 Å². The van der Waals surface area contributed by atoms with Crippen LogP contribution in [0, 0.1) is 0 Å². The van der Waals surface area contributed by atoms with Crippen molar-refractivity contribution in [3.63, 3.8) is 0 Å². The normalized spacial score (nSPS) is 12.7. The Labute approximate surface area is 492 Å². The number of ether oxygens (including phenoxy) is 8. The molecule has 0 aliphatic carbocycles. The van der Waals surface area contributed by atoms with Crippen LogP contribution in [0.2, 0.25) is 0 Å². The van der Waals surface area contributed by atoms with Crippen molar-refractivity contribution in [3.8, 4) is 0 Å². The van der Waals surface area contributed by atoms with Gasteiger partial charge in [0, 0.05) is 69.1 Å². The highest BCUT2D eigenvalue weighted by atomic mass is 33.1. The third-order valence-corrected chi connectivity index (χ3v) is 14.4. The number of carbonyl (C=O) groups is 8. The third-order valence-electron chi connectivity index (χ3n) is 12.0. The number of nitrogens with zero attached hydrogens (tertiary/aromatic N) is 3. The molecular formula is C57H78N6O18S2. The second-order valence-electron chi connectivity index (χ2n) is 18.2. The average molecular weight is 1200 g/mol. The summed E-state index contributed by atoms with van der Waals surface area (Å²) in [6, 6.07) is 23.0. The minimum atomic E-state index is -0.498. The Morgan fingerprint density at radius 2 is 0.735 bits per heavy atom. The Hall–Kier alpha value is -5.88. The van der Waals surface area contributed by atoms with Crippen LogP contribution in [0.5, 0.6) is 0 Å². The van der Waals surface area contributed by atoms with E-state index in [-0.39, 0.29) is 135 Å². The molecule has 0 aromatic heterocycles. The molecule has 2 aliphatic rings. The molecule has 0 saturated heterocycles. The van der Waals surface area contributed by atoms with Crippen molar-refractivity contribution < 1.29 is 85.9 Å². The first-order chi connectivity index (χ1) is 40.6. The van der Waals surface area contributed by atoms with E-state index in [4.69, 9.17) is 47.6 Å². The van der Waals surface area contributed by atoms with E-state index in [1.54, 1.807) is 75.0 Å². The van der Waals surface area contributed by atoms with Gasteiger partial charge in [-0.05, 0) is 49.2 Å². The van der Waals surface area contributed by atoms with Crippen LogP contribution >= 0.6 is 21.6 Å². The summed E-state index contributed by atoms with van der Waals surface area (Å²) in [6.45, 7) is 5.85. The summed E-state index contributed by atoms with van der Waals surface area (Å²) in [5.74, 6) is -1.88. The van der Waals surface area contributed by atoms with E-state index < -0.39 is 23.6 Å². The predicted octanol–water partition coefficient (Wildman–Crippen LogP) is 3.92. The summed E-state index contributed by atoms with van der Waals surface area (Å²) >= 11 is 0. The molecular weight excluding hydrogens is 1120 g/mol. The molecule has 0 atom stereocenters. The van der Waals surface area contributed by atoms with E-state index >= 15 is 0 Å². The Morgan fingerprint density at radius 3 is 1.14 bits per heavy atom. The van der Waals surface area contributed by atoms with E-state index in [1.165, 1.54) is 0 Å². The number of rotatable bonds is 49. The number of benzene rings is 3. The largest absolute Gasteiger partial charge is 0.379 e. The van der Waals surface area contributed by atoms with Crippen LogP contribution in [0.4, 0.5) is 0 Å². The monoisotopic (exact) mass is 1200 g/mol. The highest BCUT2D eigenvalue weighted by Gasteiger charge is 2.37. The number of nitrogens with one attached hydrogen (secondary N) is 3. The summed E-state index contributed by atoms with van der Waals surface area (Å²) in [7, 11) is 3.28. The van der Waals surface area contributed by atoms with Gasteiger partial charge in [0.1, 0.15) is 0 Å². The molecule has 0 unspecified atom stereocenters. The number of hydrogen-bond donors (Lipinski definition) is 3. The Bertz CT molecular complexity index is 2250. The Kier molecular flexibility index (Phi) is 34.4. The fourth-order valence-corrected chi connectivity index (χ4v) is 9.77. The van der Waals surface area contributed by atoms with Crippen LogP contribution in [0.1, 0.15) is 86.4 Å². The lowest BCUT2D eigenvalue weighted by atomic mass is 10.1. The van der Waals surface area contributed by atoms with E-state index in [2.05, 4.69) is 16.0 Å². The molecule has 456 valence electrons. The highest BCUT2D eigenvalue weighted by Crippen LogP contribution is 2.31. The molecule has 0 spiro atoms. The molecule has 0 saturated carbocycles. The lowest BCUT2D eigenvalue weighted by molar-refractivity contribution is -0.132. The van der Waals surface area contributed by atoms with E-state index in [1.807, 2.05) is 30.3 Å². The zero-order valence-corrected chi connectivity index (χ0v) is 48.6. The Morgan fingerprint density at radius 1 is 0.386 bits per heavy atom. The SMILES string of the molecule is O=C(CCOCCOCCOCCOCCON1C(=O)c2ccccc2C1=O)NCCN(CCNC(=O)CCOCCOCCOCCOCCON1C(=O)c2ccccc2C1=O)C(=O)CCCCCNC(=O)CCSSc1ccccc1. The molecule has 26 heteroatoms. The second kappa shape index (κ2) is 42.0. The van der Waals surface area contributed by atoms with Gasteiger partial charge < -0.3 is 58.7 Å². The summed E-state index contributed by atoms with van der Waals surface area (Å²) in [5, 5.41) is 10.1. The van der Waals surface area contributed by atoms with Gasteiger partial charge in [-0.1, -0.05) is 70.5 Å². The number of hydroxylamine groups is 4. The summed E-state index contributed by atoms with van der Waals surface area (Å²) in [5.41, 5.74) is 1.24. The van der Waals surface area contributed by atoms with E-state index in [0.29, 0.717) is 100 Å². The highest BCUT2D eigenvalue weighted by molar-refractivity contribution is 8.76. The van der Waals surface area contributed by atoms with Gasteiger partial charge in [-0.2, -0.15) is 0 Å². The topological polar surface area (TPSA) is 275 Å². The van der Waals surface area contributed by atoms with Crippen LogP contribution in [-0.4, -0.2) is 220 Å². The summed E-state index contributed by atoms with van der Waals surface area (Å²) in [4.78, 5) is 114. The van der Waals surface area contributed by atoms with Crippen LogP contribution in [-0.2, 0) is 66.7 Å². The van der Waals surface area contributed by atoms with Gasteiger partial charge in [-0.3, -0.25) is 48.0 Å². The molecule has 24 nitrogen and oxygen atoms in total. The second-order valence-corrected chi connectivity index (χ2v) is 20.7. The summed E-state index contributed by atoms with van der Waals surface area (Å²) < 4.78 is 44.0. The molecule has 0 fully saturated rings. The Balaban J connectivity index is 0.838. The van der Waals surface area contributed by atoms with Crippen molar-refractivity contribution in [2.24, 2.45) is 0 Å². The summed E-state index contributed by atoms with van der Waals surface area (Å²) in [6.07, 6.45) is 3.01. The minimum Gasteiger partial charge on any atom is -0.379 e. The molecule has 3 N–H and O–H groups in total. The first kappa shape index (κ1) is 67.9. The molecule has 3 aromatic carbocycles. The maximum atomic E-state index is 13.4. The standard InChI is InChI=1S/C57H78N6O18S2/c64-50(18-26-72-28-30-74-32-34-76-36-38-78-40-42-80-62-54(68)46-13-6-7-14-47(46)55(62)69)59-22-24-61(53(67)17-5-2-10-21-58-52(66)20-44-82-83-45-11-3-1-4-12-45)25-23-60-51(65)19-27-73-29-31-75-33-35-77-37-39-79-41-43-81-63-56(70)48-15-8-9-16-49(48)57(63)71/h1,3-4,6-9,11-16H,2,5,10,17-44H2,(H,58,66)(H,59,64)(H,60,65). The number of fused-ring (bicyclic) bond motifs is 2. The predicted molar refractivity (Wildman–Crippen MR) is 305 cm³/mol. The molecule has 83 heavy (non-hydrogen) atoms. The van der Waals surface area contributed by atoms with Gasteiger partial charge >= 0.3 is 0 Å². The molecule has 2 heterocycles. The van der Waals surface area contributed by atoms with Crippen LogP contribution in [0.3, 0.4) is 0 Å². The molecule has 5 rings (SSSR count). The number of amides is 8. The van der Waals surface area contributed by atoms with Gasteiger partial charge in [0.05, 0.1) is 141 Å². The molecule has 8 amide bonds. The third kappa shape index (κ3) is 27.1. The van der Waals surface area contributed by atoms with Crippen molar-refractivity contribution in [3.05, 3.63) is 101 Å². The molecule has 2 aliphatic heterocycles. The average Bonchev–Trinajstić information content (AvgIpc) is 3.22. The number of carbonyl (C=O) groups excluding carboxylic acids is 8. The first-order valence-corrected chi connectivity index (χ1v) is 30.2. The van der Waals surface area contributed by atoms with Crippen LogP contribution in [0.25, 0.3) is 0 Å². The van der Waals surface area contributed by atoms with E-state index in [9.17, 15) is 38.4 Å². The minimum absolute atomic E-state index is 0.00527. The maximum Gasteiger partial charge on any atom is 0.285 e. The van der Waals surface area contributed by atoms with Crippen molar-refractivity contribution in [2.45, 2.75) is 49.8 Å². The molecule has 3 aromatic rings. The van der Waals surface area contributed by atoms with Gasteiger partial charge in [0.2, 0.25) is 23.6 Å². The lowest BCUT2D eigenvalue weighted by Gasteiger charge is -2.23. The maximum absolute atomic E-state index is 13.4. The zero-order chi connectivity index (χ0) is 59.0. The molecule has 0 bridgehead atoms. The molecule has 0 radical (unpaired) electrons. The van der Waals surface area contributed by atoms with Crippen molar-refractivity contribution >= 4 is 68.8 Å². The van der Waals surface area contributed by atoms with Gasteiger partial charge in [-0.15, -0.1) is 10.1 Å². The van der Waals surface area contributed by atoms with Crippen molar-refractivity contribution in [2.75, 3.05) is 157 Å².